The number of aromatic nitrogens is 2. The molecule has 0 spiro atoms. The standard InChI is InChI=1S/C17H25N3/c1-13(2)14-5-7-15(8-6-14)16(18-3)9-10-17-19-11-12-20(17)4/h5-8,11-13,16,18H,9-10H2,1-4H3. The van der Waals surface area contributed by atoms with Gasteiger partial charge in [-0.25, -0.2) is 4.98 Å². The lowest BCUT2D eigenvalue weighted by atomic mass is 9.97. The molecule has 0 radical (unpaired) electrons. The third-order valence-electron chi connectivity index (χ3n) is 3.93. The third-order valence-corrected chi connectivity index (χ3v) is 3.93. The number of hydrogen-bond acceptors (Lipinski definition) is 2. The highest BCUT2D eigenvalue weighted by molar-refractivity contribution is 5.27. The van der Waals surface area contributed by atoms with E-state index in [9.17, 15) is 0 Å². The van der Waals surface area contributed by atoms with Crippen molar-refractivity contribution >= 4 is 0 Å². The van der Waals surface area contributed by atoms with E-state index in [1.54, 1.807) is 0 Å². The van der Waals surface area contributed by atoms with E-state index in [2.05, 4.69) is 53.0 Å². The first kappa shape index (κ1) is 14.8. The maximum atomic E-state index is 4.39. The zero-order valence-electron chi connectivity index (χ0n) is 12.9. The smallest absolute Gasteiger partial charge is 0.108 e. The number of benzene rings is 1. The van der Waals surface area contributed by atoms with Crippen molar-refractivity contribution in [1.29, 1.82) is 0 Å². The van der Waals surface area contributed by atoms with Gasteiger partial charge in [-0.3, -0.25) is 0 Å². The molecule has 1 heterocycles. The molecule has 0 aliphatic carbocycles. The molecule has 2 aromatic rings. The first-order chi connectivity index (χ1) is 9.61. The van der Waals surface area contributed by atoms with Gasteiger partial charge in [0.25, 0.3) is 0 Å². The van der Waals surface area contributed by atoms with E-state index in [4.69, 9.17) is 0 Å². The molecule has 108 valence electrons. The number of rotatable bonds is 6. The van der Waals surface area contributed by atoms with E-state index >= 15 is 0 Å². The van der Waals surface area contributed by atoms with Gasteiger partial charge in [-0.2, -0.15) is 0 Å². The minimum absolute atomic E-state index is 0.382. The summed E-state index contributed by atoms with van der Waals surface area (Å²) in [6.07, 6.45) is 5.91. The van der Waals surface area contributed by atoms with Crippen LogP contribution in [0.5, 0.6) is 0 Å². The Labute approximate surface area is 122 Å². The maximum Gasteiger partial charge on any atom is 0.108 e. The van der Waals surface area contributed by atoms with Gasteiger partial charge in [0.2, 0.25) is 0 Å². The zero-order chi connectivity index (χ0) is 14.5. The van der Waals surface area contributed by atoms with Gasteiger partial charge >= 0.3 is 0 Å². The van der Waals surface area contributed by atoms with Crippen LogP contribution in [0.15, 0.2) is 36.7 Å². The average Bonchev–Trinajstić information content (AvgIpc) is 2.85. The van der Waals surface area contributed by atoms with Gasteiger partial charge in [-0.1, -0.05) is 38.1 Å². The van der Waals surface area contributed by atoms with Crippen molar-refractivity contribution in [2.24, 2.45) is 7.05 Å². The number of nitrogens with one attached hydrogen (secondary N) is 1. The van der Waals surface area contributed by atoms with Crippen molar-refractivity contribution in [1.82, 2.24) is 14.9 Å². The Morgan fingerprint density at radius 1 is 1.15 bits per heavy atom. The monoisotopic (exact) mass is 271 g/mol. The van der Waals surface area contributed by atoms with Gasteiger partial charge in [0.05, 0.1) is 0 Å². The molecule has 0 saturated heterocycles. The highest BCUT2D eigenvalue weighted by Gasteiger charge is 2.11. The maximum absolute atomic E-state index is 4.39. The summed E-state index contributed by atoms with van der Waals surface area (Å²) in [4.78, 5) is 4.39. The minimum atomic E-state index is 0.382. The topological polar surface area (TPSA) is 29.9 Å². The molecule has 0 aliphatic heterocycles. The SMILES string of the molecule is CNC(CCc1nccn1C)c1ccc(C(C)C)cc1. The lowest BCUT2D eigenvalue weighted by molar-refractivity contribution is 0.535. The van der Waals surface area contributed by atoms with E-state index in [-0.39, 0.29) is 0 Å². The van der Waals surface area contributed by atoms with Crippen LogP contribution in [-0.2, 0) is 13.5 Å². The van der Waals surface area contributed by atoms with Gasteiger partial charge < -0.3 is 9.88 Å². The fraction of sp³-hybridized carbons (Fsp3) is 0.471. The van der Waals surface area contributed by atoms with Crippen LogP contribution in [0.25, 0.3) is 0 Å². The molecule has 0 aliphatic rings. The molecule has 1 atom stereocenters. The predicted molar refractivity (Wildman–Crippen MR) is 83.9 cm³/mol. The van der Waals surface area contributed by atoms with Gasteiger partial charge in [-0.15, -0.1) is 0 Å². The molecule has 1 N–H and O–H groups in total. The molecule has 0 fully saturated rings. The fourth-order valence-corrected chi connectivity index (χ4v) is 2.50. The van der Waals surface area contributed by atoms with E-state index in [0.717, 1.165) is 18.7 Å². The summed E-state index contributed by atoms with van der Waals surface area (Å²) in [5.74, 6) is 1.73. The second kappa shape index (κ2) is 6.71. The van der Waals surface area contributed by atoms with E-state index < -0.39 is 0 Å². The van der Waals surface area contributed by atoms with Crippen molar-refractivity contribution in [3.8, 4) is 0 Å². The molecule has 1 aromatic carbocycles. The Kier molecular flexibility index (Phi) is 4.96. The van der Waals surface area contributed by atoms with E-state index in [0.29, 0.717) is 12.0 Å². The molecule has 0 bridgehead atoms. The Morgan fingerprint density at radius 2 is 1.80 bits per heavy atom. The molecule has 1 aromatic heterocycles. The normalized spacial score (nSPS) is 12.8. The Hall–Kier alpha value is -1.61. The number of imidazole rings is 1. The average molecular weight is 271 g/mol. The van der Waals surface area contributed by atoms with Crippen LogP contribution in [0.2, 0.25) is 0 Å². The van der Waals surface area contributed by atoms with Crippen molar-refractivity contribution in [3.05, 3.63) is 53.6 Å². The summed E-state index contributed by atoms with van der Waals surface area (Å²) < 4.78 is 2.09. The van der Waals surface area contributed by atoms with Crippen molar-refractivity contribution in [2.75, 3.05) is 7.05 Å². The summed E-state index contributed by atoms with van der Waals surface area (Å²) in [6, 6.07) is 9.35. The van der Waals surface area contributed by atoms with E-state index in [1.165, 1.54) is 11.1 Å². The number of nitrogens with zero attached hydrogens (tertiary/aromatic N) is 2. The lowest BCUT2D eigenvalue weighted by Gasteiger charge is -2.17. The molecular formula is C17H25N3. The first-order valence-electron chi connectivity index (χ1n) is 7.35. The van der Waals surface area contributed by atoms with Crippen LogP contribution in [0.4, 0.5) is 0 Å². The quantitative estimate of drug-likeness (QED) is 0.872. The van der Waals surface area contributed by atoms with Crippen molar-refractivity contribution < 1.29 is 0 Å². The first-order valence-corrected chi connectivity index (χ1v) is 7.35. The highest BCUT2D eigenvalue weighted by atomic mass is 15.0. The summed E-state index contributed by atoms with van der Waals surface area (Å²) >= 11 is 0. The Bertz CT molecular complexity index is 525. The summed E-state index contributed by atoms with van der Waals surface area (Å²) in [7, 11) is 4.08. The van der Waals surface area contributed by atoms with Gasteiger partial charge in [0, 0.05) is 31.9 Å². The van der Waals surface area contributed by atoms with Crippen molar-refractivity contribution in [3.63, 3.8) is 0 Å². The Balaban J connectivity index is 2.02. The summed E-state index contributed by atoms with van der Waals surface area (Å²) in [6.45, 7) is 4.46. The molecule has 1 unspecified atom stereocenters. The molecule has 3 heteroatoms. The number of aryl methyl sites for hydroxylation is 2. The van der Waals surface area contributed by atoms with Gasteiger partial charge in [0.15, 0.2) is 0 Å². The number of hydrogen-bond donors (Lipinski definition) is 1. The lowest BCUT2D eigenvalue weighted by Crippen LogP contribution is -2.17. The minimum Gasteiger partial charge on any atom is -0.338 e. The van der Waals surface area contributed by atoms with Crippen LogP contribution < -0.4 is 5.32 Å². The second-order valence-corrected chi connectivity index (χ2v) is 5.66. The third kappa shape index (κ3) is 3.48. The molecule has 0 amide bonds. The molecule has 20 heavy (non-hydrogen) atoms. The summed E-state index contributed by atoms with van der Waals surface area (Å²) in [5, 5.41) is 3.41. The van der Waals surface area contributed by atoms with Gasteiger partial charge in [0.1, 0.15) is 5.82 Å². The van der Waals surface area contributed by atoms with Gasteiger partial charge in [-0.05, 0) is 30.5 Å². The molecule has 3 nitrogen and oxygen atoms in total. The molecule has 0 saturated carbocycles. The highest BCUT2D eigenvalue weighted by Crippen LogP contribution is 2.21. The van der Waals surface area contributed by atoms with E-state index in [1.807, 2.05) is 26.5 Å². The molecule has 2 rings (SSSR count). The van der Waals surface area contributed by atoms with Crippen LogP contribution in [-0.4, -0.2) is 16.6 Å². The van der Waals surface area contributed by atoms with Crippen molar-refractivity contribution in [2.45, 2.75) is 38.6 Å². The van der Waals surface area contributed by atoms with Crippen LogP contribution in [0.1, 0.15) is 49.2 Å². The fourth-order valence-electron chi connectivity index (χ4n) is 2.50. The van der Waals surface area contributed by atoms with Crippen LogP contribution in [0, 0.1) is 0 Å². The van der Waals surface area contributed by atoms with Crippen LogP contribution in [0.3, 0.4) is 0 Å². The van der Waals surface area contributed by atoms with Crippen LogP contribution >= 0.6 is 0 Å². The molecular weight excluding hydrogens is 246 g/mol. The summed E-state index contributed by atoms with van der Waals surface area (Å²) in [5.41, 5.74) is 2.75. The second-order valence-electron chi connectivity index (χ2n) is 5.66. The predicted octanol–water partition coefficient (Wildman–Crippen LogP) is 3.44. The largest absolute Gasteiger partial charge is 0.338 e. The Morgan fingerprint density at radius 3 is 2.30 bits per heavy atom. The zero-order valence-corrected chi connectivity index (χ0v) is 12.9.